The van der Waals surface area contributed by atoms with Gasteiger partial charge in [-0.15, -0.1) is 23.5 Å². The molecule has 0 N–H and O–H groups in total. The van der Waals surface area contributed by atoms with Crippen LogP contribution in [0.1, 0.15) is 6.42 Å². The van der Waals surface area contributed by atoms with Crippen molar-refractivity contribution in [2.75, 3.05) is 24.0 Å². The van der Waals surface area contributed by atoms with Crippen LogP contribution in [0.15, 0.2) is 29.2 Å². The molecule has 3 nitrogen and oxygen atoms in total. The lowest BCUT2D eigenvalue weighted by atomic mass is 9.93. The molecule has 0 radical (unpaired) electrons. The molecule has 2 atom stereocenters. The van der Waals surface area contributed by atoms with Crippen molar-refractivity contribution in [1.29, 1.82) is 0 Å². The number of fused-ring (bicyclic) bond motifs is 3. The van der Waals surface area contributed by atoms with Crippen LogP contribution in [0.2, 0.25) is 0 Å². The van der Waals surface area contributed by atoms with Gasteiger partial charge in [0.15, 0.2) is 6.10 Å². The molecule has 0 aliphatic carbocycles. The smallest absolute Gasteiger partial charge is 0.260 e. The van der Waals surface area contributed by atoms with Gasteiger partial charge in [-0.05, 0) is 24.8 Å². The highest BCUT2D eigenvalue weighted by Gasteiger charge is 2.61. The van der Waals surface area contributed by atoms with E-state index in [1.54, 1.807) is 18.9 Å². The zero-order valence-electron chi connectivity index (χ0n) is 10.4. The lowest BCUT2D eigenvalue weighted by molar-refractivity contribution is -0.141. The summed E-state index contributed by atoms with van der Waals surface area (Å²) in [6, 6.07) is 8.13. The number of ether oxygens (including phenoxy) is 1. The van der Waals surface area contributed by atoms with Crippen LogP contribution >= 0.6 is 23.5 Å². The predicted octanol–water partition coefficient (Wildman–Crippen LogP) is 2.60. The molecule has 2 aliphatic heterocycles. The normalized spacial score (nSPS) is 30.2. The van der Waals surface area contributed by atoms with Crippen LogP contribution in [0.3, 0.4) is 0 Å². The van der Waals surface area contributed by atoms with Gasteiger partial charge in [0.2, 0.25) is 0 Å². The van der Waals surface area contributed by atoms with Gasteiger partial charge in [0.25, 0.3) is 5.91 Å². The van der Waals surface area contributed by atoms with Crippen molar-refractivity contribution in [1.82, 2.24) is 0 Å². The second kappa shape index (κ2) is 4.47. The van der Waals surface area contributed by atoms with Crippen LogP contribution in [-0.2, 0) is 9.53 Å². The molecule has 96 valence electrons. The minimum absolute atomic E-state index is 0.0850. The van der Waals surface area contributed by atoms with Gasteiger partial charge in [-0.1, -0.05) is 12.1 Å². The fourth-order valence-corrected chi connectivity index (χ4v) is 5.10. The maximum Gasteiger partial charge on any atom is 0.260 e. The maximum absolute atomic E-state index is 12.3. The van der Waals surface area contributed by atoms with Gasteiger partial charge >= 0.3 is 0 Å². The fraction of sp³-hybridized carbons (Fsp3) is 0.462. The Morgan fingerprint density at radius 1 is 1.50 bits per heavy atom. The summed E-state index contributed by atoms with van der Waals surface area (Å²) in [5.74, 6) is 1.10. The molecule has 1 fully saturated rings. The first kappa shape index (κ1) is 12.4. The van der Waals surface area contributed by atoms with E-state index in [9.17, 15) is 4.79 Å². The number of hydrogen-bond donors (Lipinski definition) is 0. The molecule has 2 heterocycles. The van der Waals surface area contributed by atoms with E-state index in [4.69, 9.17) is 4.74 Å². The van der Waals surface area contributed by atoms with Crippen molar-refractivity contribution in [3.63, 3.8) is 0 Å². The third-order valence-electron chi connectivity index (χ3n) is 3.65. The molecular formula is C13H15NO2S2. The zero-order valence-corrected chi connectivity index (χ0v) is 12.0. The molecule has 0 spiro atoms. The van der Waals surface area contributed by atoms with Crippen LogP contribution in [-0.4, -0.2) is 36.0 Å². The maximum atomic E-state index is 12.3. The first-order valence-corrected chi connectivity index (χ1v) is 8.09. The van der Waals surface area contributed by atoms with Crippen LogP contribution in [0.5, 0.6) is 0 Å². The topological polar surface area (TPSA) is 29.5 Å². The Bertz CT molecular complexity index is 494. The molecule has 1 aromatic rings. The number of para-hydroxylation sites is 1. The number of nitrogens with zero attached hydrogens (tertiary/aromatic N) is 1. The van der Waals surface area contributed by atoms with E-state index in [0.717, 1.165) is 17.9 Å². The zero-order chi connectivity index (χ0) is 12.8. The SMILES string of the molecule is COC1C(=O)N2c3ccccc3SCCC12SC. The summed E-state index contributed by atoms with van der Waals surface area (Å²) in [6.45, 7) is 0. The molecule has 0 aromatic heterocycles. The average Bonchev–Trinajstić information content (AvgIpc) is 2.53. The van der Waals surface area contributed by atoms with Crippen molar-refractivity contribution < 1.29 is 9.53 Å². The number of carbonyl (C=O) groups is 1. The largest absolute Gasteiger partial charge is 0.368 e. The third kappa shape index (κ3) is 1.47. The van der Waals surface area contributed by atoms with E-state index >= 15 is 0 Å². The minimum atomic E-state index is -0.306. The fourth-order valence-electron chi connectivity index (χ4n) is 2.77. The number of thioether (sulfide) groups is 2. The molecule has 2 aliphatic rings. The number of β-lactam (4-membered cyclic amide) rings is 1. The van der Waals surface area contributed by atoms with Crippen molar-refractivity contribution in [3.8, 4) is 0 Å². The molecule has 3 rings (SSSR count). The number of methoxy groups -OCH3 is 1. The van der Waals surface area contributed by atoms with Crippen LogP contribution in [0.25, 0.3) is 0 Å². The Morgan fingerprint density at radius 3 is 3.00 bits per heavy atom. The second-order valence-corrected chi connectivity index (χ2v) is 6.66. The highest BCUT2D eigenvalue weighted by Crippen LogP contribution is 2.52. The van der Waals surface area contributed by atoms with Crippen molar-refractivity contribution in [3.05, 3.63) is 24.3 Å². The third-order valence-corrected chi connectivity index (χ3v) is 6.02. The van der Waals surface area contributed by atoms with Crippen molar-refractivity contribution in [2.45, 2.75) is 22.3 Å². The molecule has 1 saturated heterocycles. The summed E-state index contributed by atoms with van der Waals surface area (Å²) < 4.78 is 5.41. The summed E-state index contributed by atoms with van der Waals surface area (Å²) in [7, 11) is 1.63. The summed E-state index contributed by atoms with van der Waals surface area (Å²) in [5, 5.41) is 0. The molecule has 2 unspecified atom stereocenters. The number of amides is 1. The van der Waals surface area contributed by atoms with Crippen molar-refractivity contribution in [2.24, 2.45) is 0 Å². The van der Waals surface area contributed by atoms with E-state index in [-0.39, 0.29) is 16.9 Å². The summed E-state index contributed by atoms with van der Waals surface area (Å²) in [4.78, 5) is 15.2. The monoisotopic (exact) mass is 281 g/mol. The molecule has 0 saturated carbocycles. The first-order valence-electron chi connectivity index (χ1n) is 5.88. The van der Waals surface area contributed by atoms with Crippen LogP contribution in [0.4, 0.5) is 5.69 Å². The Kier molecular flexibility index (Phi) is 3.08. The molecule has 5 heteroatoms. The average molecular weight is 281 g/mol. The quantitative estimate of drug-likeness (QED) is 0.779. The lowest BCUT2D eigenvalue weighted by Crippen LogP contribution is -2.73. The highest BCUT2D eigenvalue weighted by molar-refractivity contribution is 8.01. The number of hydrogen-bond acceptors (Lipinski definition) is 4. The van der Waals surface area contributed by atoms with Gasteiger partial charge < -0.3 is 4.74 Å². The Hall–Kier alpha value is -0.650. The van der Waals surface area contributed by atoms with Gasteiger partial charge in [0, 0.05) is 17.8 Å². The Labute approximate surface area is 115 Å². The minimum Gasteiger partial charge on any atom is -0.368 e. The molecule has 18 heavy (non-hydrogen) atoms. The second-order valence-electron chi connectivity index (χ2n) is 4.40. The van der Waals surface area contributed by atoms with Gasteiger partial charge in [-0.3, -0.25) is 9.69 Å². The van der Waals surface area contributed by atoms with Gasteiger partial charge in [0.1, 0.15) is 4.87 Å². The van der Waals surface area contributed by atoms with Crippen LogP contribution in [0, 0.1) is 0 Å². The lowest BCUT2D eigenvalue weighted by Gasteiger charge is -2.55. The number of rotatable bonds is 2. The first-order chi connectivity index (χ1) is 8.74. The number of benzene rings is 1. The number of carbonyl (C=O) groups excluding carboxylic acids is 1. The van der Waals surface area contributed by atoms with E-state index in [1.807, 2.05) is 34.9 Å². The van der Waals surface area contributed by atoms with E-state index in [1.165, 1.54) is 4.90 Å². The standard InChI is InChI=1S/C13H15NO2S2/c1-16-11-12(15)14-9-5-3-4-6-10(9)18-8-7-13(11,14)17-2/h3-6,11H,7-8H2,1-2H3. The number of anilines is 1. The predicted molar refractivity (Wildman–Crippen MR) is 76.3 cm³/mol. The van der Waals surface area contributed by atoms with E-state index in [0.29, 0.717) is 0 Å². The van der Waals surface area contributed by atoms with Gasteiger partial charge in [-0.25, -0.2) is 0 Å². The highest BCUT2D eigenvalue weighted by atomic mass is 32.2. The summed E-state index contributed by atoms with van der Waals surface area (Å²) in [5.41, 5.74) is 1.03. The van der Waals surface area contributed by atoms with Gasteiger partial charge in [-0.2, -0.15) is 0 Å². The molecular weight excluding hydrogens is 266 g/mol. The molecule has 1 aromatic carbocycles. The molecule has 1 amide bonds. The molecule has 0 bridgehead atoms. The van der Waals surface area contributed by atoms with Gasteiger partial charge in [0.05, 0.1) is 5.69 Å². The summed E-state index contributed by atoms with van der Waals surface area (Å²) in [6.07, 6.45) is 2.71. The van der Waals surface area contributed by atoms with E-state index < -0.39 is 0 Å². The summed E-state index contributed by atoms with van der Waals surface area (Å²) >= 11 is 3.55. The Balaban J connectivity index is 2.10. The van der Waals surface area contributed by atoms with E-state index in [2.05, 4.69) is 12.3 Å². The van der Waals surface area contributed by atoms with Crippen LogP contribution < -0.4 is 4.90 Å². The van der Waals surface area contributed by atoms with Crippen molar-refractivity contribution >= 4 is 35.1 Å². The Morgan fingerprint density at radius 2 is 2.28 bits per heavy atom.